The molecule has 142 valence electrons. The lowest BCUT2D eigenvalue weighted by molar-refractivity contribution is -0.137. The van der Waals surface area contributed by atoms with Gasteiger partial charge in [0.05, 0.1) is 5.41 Å². The summed E-state index contributed by atoms with van der Waals surface area (Å²) in [5.74, 6) is -1.44. The van der Waals surface area contributed by atoms with E-state index in [0.29, 0.717) is 43.7 Å². The van der Waals surface area contributed by atoms with Crippen LogP contribution >= 0.6 is 0 Å². The number of amides is 1. The number of aryl methyl sites for hydroxylation is 1. The second-order valence-corrected chi connectivity index (χ2v) is 6.75. The quantitative estimate of drug-likeness (QED) is 0.815. The fraction of sp³-hybridized carbons (Fsp3) is 0.333. The lowest BCUT2D eigenvalue weighted by atomic mass is 9.73. The van der Waals surface area contributed by atoms with Crippen LogP contribution in [0.25, 0.3) is 0 Å². The standard InChI is InChI=1S/C21H22FNO4/c22-17-5-2-4-16(14-17)21(9-11-27-12-10-21)20(26)23-18-6-1-3-15(13-18)7-8-19(24)25/h1-6,13-14H,7-12H2,(H,23,26)(H,24,25). The highest BCUT2D eigenvalue weighted by Gasteiger charge is 2.42. The molecule has 0 bridgehead atoms. The Kier molecular flexibility index (Phi) is 5.86. The van der Waals surface area contributed by atoms with Crippen LogP contribution in [0.4, 0.5) is 10.1 Å². The van der Waals surface area contributed by atoms with E-state index in [1.54, 1.807) is 30.3 Å². The van der Waals surface area contributed by atoms with Crippen molar-refractivity contribution in [2.24, 2.45) is 0 Å². The Labute approximate surface area is 157 Å². The van der Waals surface area contributed by atoms with Crippen LogP contribution in [-0.2, 0) is 26.2 Å². The number of benzene rings is 2. The number of halogens is 1. The molecule has 0 unspecified atom stereocenters. The van der Waals surface area contributed by atoms with E-state index in [4.69, 9.17) is 9.84 Å². The number of carboxylic acids is 1. The van der Waals surface area contributed by atoms with Crippen molar-refractivity contribution in [1.29, 1.82) is 0 Å². The third kappa shape index (κ3) is 4.52. The minimum atomic E-state index is -0.864. The molecular formula is C21H22FNO4. The molecule has 1 heterocycles. The number of aliphatic carboxylic acids is 1. The second kappa shape index (κ2) is 8.31. The average Bonchev–Trinajstić information content (AvgIpc) is 2.67. The SMILES string of the molecule is O=C(O)CCc1cccc(NC(=O)C2(c3cccc(F)c3)CCOCC2)c1. The Hall–Kier alpha value is -2.73. The Bertz CT molecular complexity index is 830. The fourth-order valence-corrected chi connectivity index (χ4v) is 3.46. The number of ether oxygens (including phenoxy) is 1. The van der Waals surface area contributed by atoms with Gasteiger partial charge in [-0.3, -0.25) is 9.59 Å². The number of nitrogens with one attached hydrogen (secondary N) is 1. The average molecular weight is 371 g/mol. The van der Waals surface area contributed by atoms with Crippen molar-refractivity contribution in [1.82, 2.24) is 0 Å². The van der Waals surface area contributed by atoms with Crippen LogP contribution in [0.15, 0.2) is 48.5 Å². The first-order valence-corrected chi connectivity index (χ1v) is 8.96. The van der Waals surface area contributed by atoms with E-state index >= 15 is 0 Å². The zero-order chi connectivity index (χ0) is 19.3. The van der Waals surface area contributed by atoms with Crippen molar-refractivity contribution in [3.63, 3.8) is 0 Å². The summed E-state index contributed by atoms with van der Waals surface area (Å²) in [6, 6.07) is 13.3. The van der Waals surface area contributed by atoms with Crippen LogP contribution in [0, 0.1) is 5.82 Å². The van der Waals surface area contributed by atoms with E-state index in [1.165, 1.54) is 12.1 Å². The summed E-state index contributed by atoms with van der Waals surface area (Å²) in [5.41, 5.74) is 1.23. The van der Waals surface area contributed by atoms with Crippen molar-refractivity contribution in [2.75, 3.05) is 18.5 Å². The summed E-state index contributed by atoms with van der Waals surface area (Å²) < 4.78 is 19.2. The van der Waals surface area contributed by atoms with Crippen molar-refractivity contribution >= 4 is 17.6 Å². The monoisotopic (exact) mass is 371 g/mol. The number of hydrogen-bond acceptors (Lipinski definition) is 3. The van der Waals surface area contributed by atoms with Gasteiger partial charge in [-0.15, -0.1) is 0 Å². The summed E-state index contributed by atoms with van der Waals surface area (Å²) in [4.78, 5) is 24.0. The van der Waals surface area contributed by atoms with Gasteiger partial charge in [0, 0.05) is 25.3 Å². The van der Waals surface area contributed by atoms with E-state index in [9.17, 15) is 14.0 Å². The predicted molar refractivity (Wildman–Crippen MR) is 99.2 cm³/mol. The molecule has 5 nitrogen and oxygen atoms in total. The maximum atomic E-state index is 13.8. The maximum absolute atomic E-state index is 13.8. The van der Waals surface area contributed by atoms with Crippen LogP contribution in [0.3, 0.4) is 0 Å². The normalized spacial score (nSPS) is 15.9. The summed E-state index contributed by atoms with van der Waals surface area (Å²) in [6.07, 6.45) is 1.37. The molecule has 27 heavy (non-hydrogen) atoms. The first-order chi connectivity index (χ1) is 13.0. The summed E-state index contributed by atoms with van der Waals surface area (Å²) in [5, 5.41) is 11.8. The van der Waals surface area contributed by atoms with E-state index in [-0.39, 0.29) is 18.1 Å². The fourth-order valence-electron chi connectivity index (χ4n) is 3.46. The first kappa shape index (κ1) is 19.0. The largest absolute Gasteiger partial charge is 0.481 e. The van der Waals surface area contributed by atoms with Crippen LogP contribution in [-0.4, -0.2) is 30.2 Å². The van der Waals surface area contributed by atoms with E-state index in [0.717, 1.165) is 5.56 Å². The van der Waals surface area contributed by atoms with Gasteiger partial charge in [-0.05, 0) is 54.7 Å². The molecule has 0 atom stereocenters. The smallest absolute Gasteiger partial charge is 0.303 e. The number of rotatable bonds is 6. The number of anilines is 1. The molecule has 0 aromatic heterocycles. The van der Waals surface area contributed by atoms with Crippen LogP contribution in [0.5, 0.6) is 0 Å². The molecule has 0 saturated carbocycles. The minimum Gasteiger partial charge on any atom is -0.481 e. The van der Waals surface area contributed by atoms with Gasteiger partial charge in [0.1, 0.15) is 5.82 Å². The van der Waals surface area contributed by atoms with Gasteiger partial charge < -0.3 is 15.2 Å². The van der Waals surface area contributed by atoms with Gasteiger partial charge >= 0.3 is 5.97 Å². The molecule has 1 fully saturated rings. The Morgan fingerprint density at radius 3 is 2.56 bits per heavy atom. The topological polar surface area (TPSA) is 75.6 Å². The first-order valence-electron chi connectivity index (χ1n) is 8.96. The Morgan fingerprint density at radius 1 is 1.11 bits per heavy atom. The minimum absolute atomic E-state index is 0.0297. The van der Waals surface area contributed by atoms with Gasteiger partial charge in [-0.1, -0.05) is 24.3 Å². The highest BCUT2D eigenvalue weighted by molar-refractivity contribution is 5.99. The van der Waals surface area contributed by atoms with Gasteiger partial charge in [-0.2, -0.15) is 0 Å². The summed E-state index contributed by atoms with van der Waals surface area (Å²) >= 11 is 0. The van der Waals surface area contributed by atoms with Crippen LogP contribution < -0.4 is 5.32 Å². The molecular weight excluding hydrogens is 349 g/mol. The molecule has 0 spiro atoms. The number of carboxylic acid groups (broad SMARTS) is 1. The molecule has 0 aliphatic carbocycles. The summed E-state index contributed by atoms with van der Waals surface area (Å²) in [6.45, 7) is 0.866. The van der Waals surface area contributed by atoms with Crippen molar-refractivity contribution in [2.45, 2.75) is 31.1 Å². The zero-order valence-electron chi connectivity index (χ0n) is 14.9. The molecule has 1 amide bonds. The molecule has 6 heteroatoms. The predicted octanol–water partition coefficient (Wildman–Crippen LogP) is 3.53. The van der Waals surface area contributed by atoms with E-state index in [1.807, 2.05) is 6.07 Å². The van der Waals surface area contributed by atoms with Crippen LogP contribution in [0.1, 0.15) is 30.4 Å². The molecule has 2 N–H and O–H groups in total. The van der Waals surface area contributed by atoms with Crippen molar-refractivity contribution in [3.8, 4) is 0 Å². The van der Waals surface area contributed by atoms with Crippen LogP contribution in [0.2, 0.25) is 0 Å². The Balaban J connectivity index is 1.83. The molecule has 2 aromatic carbocycles. The highest BCUT2D eigenvalue weighted by Crippen LogP contribution is 2.36. The van der Waals surface area contributed by atoms with Gasteiger partial charge in [0.2, 0.25) is 5.91 Å². The molecule has 1 aliphatic heterocycles. The molecule has 1 saturated heterocycles. The third-order valence-corrected chi connectivity index (χ3v) is 4.97. The number of carbonyl (C=O) groups is 2. The van der Waals surface area contributed by atoms with Gasteiger partial charge in [0.15, 0.2) is 0 Å². The van der Waals surface area contributed by atoms with E-state index < -0.39 is 11.4 Å². The third-order valence-electron chi connectivity index (χ3n) is 4.97. The lowest BCUT2D eigenvalue weighted by Gasteiger charge is -2.36. The molecule has 2 aromatic rings. The molecule has 0 radical (unpaired) electrons. The lowest BCUT2D eigenvalue weighted by Crippen LogP contribution is -2.44. The number of carbonyl (C=O) groups excluding carboxylic acids is 1. The summed E-state index contributed by atoms with van der Waals surface area (Å²) in [7, 11) is 0. The highest BCUT2D eigenvalue weighted by atomic mass is 19.1. The second-order valence-electron chi connectivity index (χ2n) is 6.75. The van der Waals surface area contributed by atoms with Crippen molar-refractivity contribution < 1.29 is 23.8 Å². The molecule has 1 aliphatic rings. The zero-order valence-corrected chi connectivity index (χ0v) is 14.9. The number of hydrogen-bond donors (Lipinski definition) is 2. The Morgan fingerprint density at radius 2 is 1.85 bits per heavy atom. The van der Waals surface area contributed by atoms with E-state index in [2.05, 4.69) is 5.32 Å². The molecule has 3 rings (SSSR count). The van der Waals surface area contributed by atoms with Gasteiger partial charge in [-0.25, -0.2) is 4.39 Å². The maximum Gasteiger partial charge on any atom is 0.303 e. The van der Waals surface area contributed by atoms with Crippen molar-refractivity contribution in [3.05, 3.63) is 65.5 Å². The van der Waals surface area contributed by atoms with Gasteiger partial charge in [0.25, 0.3) is 0 Å².